The van der Waals surface area contributed by atoms with Crippen molar-refractivity contribution in [2.45, 2.75) is 39.2 Å². The fraction of sp³-hybridized carbons (Fsp3) is 0.588. The Balaban J connectivity index is 2.03. The SMILES string of the molecule is CCCCN(C(=O)COc1cc(C)ccc1Cl)C1CCS(=O)(=O)C1. The van der Waals surface area contributed by atoms with Crippen LogP contribution in [0.3, 0.4) is 0 Å². The molecule has 1 saturated heterocycles. The van der Waals surface area contributed by atoms with Crippen LogP contribution in [0.1, 0.15) is 31.7 Å². The van der Waals surface area contributed by atoms with E-state index in [1.54, 1.807) is 17.0 Å². The summed E-state index contributed by atoms with van der Waals surface area (Å²) in [5.74, 6) is 0.480. The van der Waals surface area contributed by atoms with Gasteiger partial charge in [0.25, 0.3) is 5.91 Å². The van der Waals surface area contributed by atoms with Gasteiger partial charge in [-0.3, -0.25) is 4.79 Å². The van der Waals surface area contributed by atoms with Gasteiger partial charge < -0.3 is 9.64 Å². The first-order valence-corrected chi connectivity index (χ1v) is 10.4. The van der Waals surface area contributed by atoms with E-state index in [0.717, 1.165) is 18.4 Å². The monoisotopic (exact) mass is 373 g/mol. The van der Waals surface area contributed by atoms with Gasteiger partial charge in [-0.15, -0.1) is 0 Å². The van der Waals surface area contributed by atoms with Crippen molar-refractivity contribution >= 4 is 27.3 Å². The number of ether oxygens (including phenoxy) is 1. The molecule has 2 rings (SSSR count). The Bertz CT molecular complexity index is 690. The van der Waals surface area contributed by atoms with Gasteiger partial charge in [-0.2, -0.15) is 0 Å². The summed E-state index contributed by atoms with van der Waals surface area (Å²) in [6.07, 6.45) is 2.28. The summed E-state index contributed by atoms with van der Waals surface area (Å²) in [5, 5.41) is 0.456. The molecule has 134 valence electrons. The molecule has 0 radical (unpaired) electrons. The Hall–Kier alpha value is -1.27. The van der Waals surface area contributed by atoms with E-state index in [9.17, 15) is 13.2 Å². The smallest absolute Gasteiger partial charge is 0.260 e. The number of benzene rings is 1. The third kappa shape index (κ3) is 5.11. The van der Waals surface area contributed by atoms with Gasteiger partial charge in [0.05, 0.1) is 16.5 Å². The molecule has 0 spiro atoms. The van der Waals surface area contributed by atoms with E-state index in [-0.39, 0.29) is 30.1 Å². The number of amides is 1. The zero-order valence-corrected chi connectivity index (χ0v) is 15.7. The molecule has 1 atom stereocenters. The lowest BCUT2D eigenvalue weighted by Crippen LogP contribution is -2.44. The van der Waals surface area contributed by atoms with Crippen molar-refractivity contribution < 1.29 is 17.9 Å². The van der Waals surface area contributed by atoms with Crippen LogP contribution in [0.15, 0.2) is 18.2 Å². The van der Waals surface area contributed by atoms with Crippen LogP contribution >= 0.6 is 11.6 Å². The summed E-state index contributed by atoms with van der Waals surface area (Å²) >= 11 is 6.08. The number of rotatable bonds is 7. The van der Waals surface area contributed by atoms with Crippen LogP contribution < -0.4 is 4.74 Å². The average molecular weight is 374 g/mol. The third-order valence-electron chi connectivity index (χ3n) is 4.16. The topological polar surface area (TPSA) is 63.7 Å². The maximum atomic E-state index is 12.6. The summed E-state index contributed by atoms with van der Waals surface area (Å²) < 4.78 is 29.0. The lowest BCUT2D eigenvalue weighted by molar-refractivity contribution is -0.135. The first-order valence-electron chi connectivity index (χ1n) is 8.21. The van der Waals surface area contributed by atoms with Gasteiger partial charge in [0.2, 0.25) is 0 Å². The van der Waals surface area contributed by atoms with Crippen LogP contribution in [0, 0.1) is 6.92 Å². The van der Waals surface area contributed by atoms with Crippen molar-refractivity contribution in [3.63, 3.8) is 0 Å². The molecule has 1 aromatic rings. The predicted molar refractivity (Wildman–Crippen MR) is 95.4 cm³/mol. The highest BCUT2D eigenvalue weighted by atomic mass is 35.5. The lowest BCUT2D eigenvalue weighted by Gasteiger charge is -2.28. The summed E-state index contributed by atoms with van der Waals surface area (Å²) in [6, 6.07) is 5.14. The Kier molecular flexibility index (Phi) is 6.52. The largest absolute Gasteiger partial charge is 0.482 e. The molecule has 1 aromatic carbocycles. The fourth-order valence-electron chi connectivity index (χ4n) is 2.80. The van der Waals surface area contributed by atoms with Gasteiger partial charge in [-0.05, 0) is 37.5 Å². The molecule has 0 bridgehead atoms. The van der Waals surface area contributed by atoms with E-state index in [2.05, 4.69) is 0 Å². The van der Waals surface area contributed by atoms with Gasteiger partial charge in [-0.1, -0.05) is 31.0 Å². The Labute approximate surface area is 148 Å². The number of nitrogens with zero attached hydrogens (tertiary/aromatic N) is 1. The summed E-state index contributed by atoms with van der Waals surface area (Å²) in [6.45, 7) is 4.38. The summed E-state index contributed by atoms with van der Waals surface area (Å²) in [4.78, 5) is 14.2. The van der Waals surface area contributed by atoms with E-state index >= 15 is 0 Å². The Morgan fingerprint density at radius 2 is 2.17 bits per heavy atom. The van der Waals surface area contributed by atoms with E-state index in [1.165, 1.54) is 0 Å². The maximum Gasteiger partial charge on any atom is 0.260 e. The van der Waals surface area contributed by atoms with E-state index in [1.807, 2.05) is 19.9 Å². The molecule has 5 nitrogen and oxygen atoms in total. The molecule has 0 saturated carbocycles. The fourth-order valence-corrected chi connectivity index (χ4v) is 4.71. The second-order valence-electron chi connectivity index (χ2n) is 6.22. The number of unbranched alkanes of at least 4 members (excludes halogenated alkanes) is 1. The van der Waals surface area contributed by atoms with Crippen molar-refractivity contribution in [2.75, 3.05) is 24.7 Å². The second-order valence-corrected chi connectivity index (χ2v) is 8.86. The van der Waals surface area contributed by atoms with Gasteiger partial charge in [-0.25, -0.2) is 8.42 Å². The quantitative estimate of drug-likeness (QED) is 0.737. The van der Waals surface area contributed by atoms with Crippen LogP contribution in [-0.2, 0) is 14.6 Å². The molecule has 1 amide bonds. The normalized spacial score (nSPS) is 19.2. The van der Waals surface area contributed by atoms with Crippen LogP contribution in [-0.4, -0.2) is 49.9 Å². The number of sulfone groups is 1. The zero-order chi connectivity index (χ0) is 17.7. The molecule has 7 heteroatoms. The van der Waals surface area contributed by atoms with Crippen molar-refractivity contribution in [1.82, 2.24) is 4.90 Å². The van der Waals surface area contributed by atoms with Crippen molar-refractivity contribution in [1.29, 1.82) is 0 Å². The first-order chi connectivity index (χ1) is 11.3. The highest BCUT2D eigenvalue weighted by Crippen LogP contribution is 2.25. The highest BCUT2D eigenvalue weighted by molar-refractivity contribution is 7.91. The minimum absolute atomic E-state index is 0.0493. The number of halogens is 1. The first kappa shape index (κ1) is 19.1. The Morgan fingerprint density at radius 3 is 2.79 bits per heavy atom. The summed E-state index contributed by atoms with van der Waals surface area (Å²) in [7, 11) is -3.03. The minimum atomic E-state index is -3.03. The van der Waals surface area contributed by atoms with E-state index in [0.29, 0.717) is 23.7 Å². The van der Waals surface area contributed by atoms with Crippen molar-refractivity contribution in [3.8, 4) is 5.75 Å². The summed E-state index contributed by atoms with van der Waals surface area (Å²) in [5.41, 5.74) is 0.992. The number of carbonyl (C=O) groups excluding carboxylic acids is 1. The van der Waals surface area contributed by atoms with Gasteiger partial charge in [0, 0.05) is 12.6 Å². The third-order valence-corrected chi connectivity index (χ3v) is 6.22. The molecule has 0 aliphatic carbocycles. The number of carbonyl (C=O) groups is 1. The molecule has 1 aliphatic rings. The highest BCUT2D eigenvalue weighted by Gasteiger charge is 2.34. The van der Waals surface area contributed by atoms with Crippen LogP contribution in [0.2, 0.25) is 5.02 Å². The molecule has 0 N–H and O–H groups in total. The predicted octanol–water partition coefficient (Wildman–Crippen LogP) is 2.84. The molecular weight excluding hydrogens is 350 g/mol. The van der Waals surface area contributed by atoms with Gasteiger partial charge in [0.15, 0.2) is 16.4 Å². The van der Waals surface area contributed by atoms with Gasteiger partial charge >= 0.3 is 0 Å². The second kappa shape index (κ2) is 8.21. The van der Waals surface area contributed by atoms with Crippen molar-refractivity contribution in [3.05, 3.63) is 28.8 Å². The van der Waals surface area contributed by atoms with Crippen LogP contribution in [0.4, 0.5) is 0 Å². The zero-order valence-electron chi connectivity index (χ0n) is 14.1. The van der Waals surface area contributed by atoms with E-state index < -0.39 is 9.84 Å². The molecule has 1 heterocycles. The minimum Gasteiger partial charge on any atom is -0.482 e. The molecule has 0 aromatic heterocycles. The van der Waals surface area contributed by atoms with E-state index in [4.69, 9.17) is 16.3 Å². The lowest BCUT2D eigenvalue weighted by atomic mass is 10.2. The maximum absolute atomic E-state index is 12.6. The number of hydrogen-bond acceptors (Lipinski definition) is 4. The van der Waals surface area contributed by atoms with Crippen LogP contribution in [0.5, 0.6) is 5.75 Å². The molecule has 1 unspecified atom stereocenters. The molecular formula is C17H24ClNO4S. The molecule has 24 heavy (non-hydrogen) atoms. The number of aryl methyl sites for hydroxylation is 1. The van der Waals surface area contributed by atoms with Gasteiger partial charge in [0.1, 0.15) is 5.75 Å². The van der Waals surface area contributed by atoms with Crippen molar-refractivity contribution in [2.24, 2.45) is 0 Å². The average Bonchev–Trinajstić information content (AvgIpc) is 2.88. The standard InChI is InChI=1S/C17H24ClNO4S/c1-3-4-8-19(14-7-9-24(21,22)12-14)17(20)11-23-16-10-13(2)5-6-15(16)18/h5-6,10,14H,3-4,7-9,11-12H2,1-2H3. The van der Waals surface area contributed by atoms with Crippen LogP contribution in [0.25, 0.3) is 0 Å². The molecule has 1 aliphatic heterocycles. The Morgan fingerprint density at radius 1 is 1.42 bits per heavy atom. The number of hydrogen-bond donors (Lipinski definition) is 0. The molecule has 1 fully saturated rings.